The zero-order chi connectivity index (χ0) is 30.4. The second kappa shape index (κ2) is 17.0. The summed E-state index contributed by atoms with van der Waals surface area (Å²) in [7, 11) is 0. The fourth-order valence-electron chi connectivity index (χ4n) is 4.91. The predicted octanol–water partition coefficient (Wildman–Crippen LogP) is 8.51. The predicted molar refractivity (Wildman–Crippen MR) is 178 cm³/mol. The first-order valence-corrected chi connectivity index (χ1v) is 16.5. The zero-order valence-electron chi connectivity index (χ0n) is 24.9. The molecule has 1 fully saturated rings. The molecule has 1 N–H and O–H groups in total. The molecule has 0 bridgehead atoms. The maximum atomic E-state index is 13.4. The number of thioether (sulfide) groups is 1. The molecule has 9 heteroatoms. The molecule has 4 rings (SSSR count). The van der Waals surface area contributed by atoms with Crippen molar-refractivity contribution >= 4 is 46.3 Å². The van der Waals surface area contributed by atoms with E-state index in [0.717, 1.165) is 92.5 Å². The van der Waals surface area contributed by atoms with Crippen LogP contribution in [-0.2, 0) is 9.59 Å². The van der Waals surface area contributed by atoms with Crippen LogP contribution in [0.25, 0.3) is 23.0 Å². The van der Waals surface area contributed by atoms with Gasteiger partial charge in [0.05, 0.1) is 22.9 Å². The van der Waals surface area contributed by atoms with E-state index in [1.165, 1.54) is 11.8 Å². The highest BCUT2D eigenvalue weighted by Gasteiger charge is 2.32. The van der Waals surface area contributed by atoms with Crippen molar-refractivity contribution in [1.82, 2.24) is 14.7 Å². The van der Waals surface area contributed by atoms with Crippen molar-refractivity contribution in [1.29, 1.82) is 0 Å². The van der Waals surface area contributed by atoms with Gasteiger partial charge in [0.1, 0.15) is 10.1 Å². The standard InChI is InChI=1S/C34H41N3O4S2/c1-2-3-23-41-29-20-18-26(19-21-29)32-27(25-37(35-32)28-15-11-10-12-16-28)24-30-33(40)36(34(42)43-30)22-14-9-7-5-4-6-8-13-17-31(38)39/h10-12,15-16,18-21,24-25H,2-9,13-14,17,22-23H2,1H3,(H,38,39). The number of rotatable bonds is 18. The normalized spacial score (nSPS) is 14.2. The van der Waals surface area contributed by atoms with E-state index in [1.54, 1.807) is 4.90 Å². The van der Waals surface area contributed by atoms with E-state index in [9.17, 15) is 9.59 Å². The molecule has 1 saturated heterocycles. The van der Waals surface area contributed by atoms with Crippen LogP contribution in [0.1, 0.15) is 83.1 Å². The maximum Gasteiger partial charge on any atom is 0.303 e. The molecule has 3 aromatic rings. The largest absolute Gasteiger partial charge is 0.494 e. The summed E-state index contributed by atoms with van der Waals surface area (Å²) in [6, 6.07) is 17.9. The fourth-order valence-corrected chi connectivity index (χ4v) is 6.21. The van der Waals surface area contributed by atoms with Crippen LogP contribution in [0, 0.1) is 0 Å². The van der Waals surface area contributed by atoms with Gasteiger partial charge in [-0.2, -0.15) is 5.10 Å². The molecule has 0 spiro atoms. The Balaban J connectivity index is 1.39. The molecular formula is C34H41N3O4S2. The van der Waals surface area contributed by atoms with Crippen LogP contribution < -0.4 is 4.74 Å². The van der Waals surface area contributed by atoms with Gasteiger partial charge in [-0.25, -0.2) is 4.68 Å². The monoisotopic (exact) mass is 619 g/mol. The van der Waals surface area contributed by atoms with Crippen molar-refractivity contribution in [3.05, 3.63) is 71.3 Å². The molecule has 43 heavy (non-hydrogen) atoms. The zero-order valence-corrected chi connectivity index (χ0v) is 26.5. The molecule has 0 radical (unpaired) electrons. The average molecular weight is 620 g/mol. The van der Waals surface area contributed by atoms with Gasteiger partial charge < -0.3 is 9.84 Å². The Kier molecular flexibility index (Phi) is 12.9. The molecule has 1 aliphatic rings. The number of carbonyl (C=O) groups excluding carboxylic acids is 1. The van der Waals surface area contributed by atoms with E-state index in [0.29, 0.717) is 22.4 Å². The molecule has 1 amide bonds. The SMILES string of the molecule is CCCCOc1ccc(-c2nn(-c3ccccc3)cc2C=C2SC(=S)N(CCCCCCCCCCC(=O)O)C2=O)cc1. The summed E-state index contributed by atoms with van der Waals surface area (Å²) in [5.41, 5.74) is 3.53. The molecule has 7 nitrogen and oxygen atoms in total. The van der Waals surface area contributed by atoms with Gasteiger partial charge in [0.25, 0.3) is 5.91 Å². The first kappa shape index (κ1) is 32.5. The van der Waals surface area contributed by atoms with Crippen molar-refractivity contribution in [3.8, 4) is 22.7 Å². The second-order valence-electron chi connectivity index (χ2n) is 10.7. The first-order valence-electron chi connectivity index (χ1n) is 15.3. The smallest absolute Gasteiger partial charge is 0.303 e. The molecular weight excluding hydrogens is 579 g/mol. The number of carboxylic acid groups (broad SMARTS) is 1. The number of para-hydroxylation sites is 1. The molecule has 2 aromatic carbocycles. The summed E-state index contributed by atoms with van der Waals surface area (Å²) in [6.07, 6.45) is 14.3. The topological polar surface area (TPSA) is 84.7 Å². The highest BCUT2D eigenvalue weighted by Crippen LogP contribution is 2.35. The summed E-state index contributed by atoms with van der Waals surface area (Å²) in [6.45, 7) is 3.46. The molecule has 0 aliphatic carbocycles. The van der Waals surface area contributed by atoms with Gasteiger partial charge in [-0.05, 0) is 61.7 Å². The van der Waals surface area contributed by atoms with Crippen molar-refractivity contribution in [3.63, 3.8) is 0 Å². The van der Waals surface area contributed by atoms with Crippen LogP contribution >= 0.6 is 24.0 Å². The van der Waals surface area contributed by atoms with Gasteiger partial charge in [-0.15, -0.1) is 0 Å². The summed E-state index contributed by atoms with van der Waals surface area (Å²) >= 11 is 6.96. The number of hydrogen-bond acceptors (Lipinski definition) is 6. The Morgan fingerprint density at radius 3 is 2.30 bits per heavy atom. The summed E-state index contributed by atoms with van der Waals surface area (Å²) in [4.78, 5) is 26.3. The van der Waals surface area contributed by atoms with Gasteiger partial charge in [0.15, 0.2) is 0 Å². The molecule has 0 saturated carbocycles. The third-order valence-electron chi connectivity index (χ3n) is 7.34. The Bertz CT molecular complexity index is 1390. The number of aromatic nitrogens is 2. The van der Waals surface area contributed by atoms with Crippen LogP contribution in [0.3, 0.4) is 0 Å². The van der Waals surface area contributed by atoms with Gasteiger partial charge in [-0.1, -0.05) is 94.0 Å². The number of amides is 1. The number of benzene rings is 2. The van der Waals surface area contributed by atoms with E-state index in [2.05, 4.69) is 6.92 Å². The Morgan fingerprint density at radius 2 is 1.63 bits per heavy atom. The number of carbonyl (C=O) groups is 2. The van der Waals surface area contributed by atoms with Crippen molar-refractivity contribution in [2.45, 2.75) is 77.6 Å². The van der Waals surface area contributed by atoms with Gasteiger partial charge >= 0.3 is 5.97 Å². The fraction of sp³-hybridized carbons (Fsp3) is 0.412. The number of hydrogen-bond donors (Lipinski definition) is 1. The third kappa shape index (κ3) is 9.79. The van der Waals surface area contributed by atoms with Gasteiger partial charge in [0.2, 0.25) is 0 Å². The lowest BCUT2D eigenvalue weighted by atomic mass is 10.1. The summed E-state index contributed by atoms with van der Waals surface area (Å²) in [5, 5.41) is 13.6. The van der Waals surface area contributed by atoms with Crippen molar-refractivity contribution in [2.75, 3.05) is 13.2 Å². The lowest BCUT2D eigenvalue weighted by molar-refractivity contribution is -0.137. The van der Waals surface area contributed by atoms with E-state index < -0.39 is 5.97 Å². The van der Waals surface area contributed by atoms with Crippen LogP contribution in [0.15, 0.2) is 65.7 Å². The minimum absolute atomic E-state index is 0.0495. The van der Waals surface area contributed by atoms with E-state index >= 15 is 0 Å². The molecule has 0 unspecified atom stereocenters. The van der Waals surface area contributed by atoms with Crippen LogP contribution in [0.2, 0.25) is 0 Å². The summed E-state index contributed by atoms with van der Waals surface area (Å²) in [5.74, 6) is 0.0657. The van der Waals surface area contributed by atoms with Gasteiger partial charge in [-0.3, -0.25) is 14.5 Å². The number of unbranched alkanes of at least 4 members (excludes halogenated alkanes) is 8. The number of carboxylic acids is 1. The number of ether oxygens (including phenoxy) is 1. The molecule has 1 aromatic heterocycles. The molecule has 0 atom stereocenters. The van der Waals surface area contributed by atoms with Crippen LogP contribution in [-0.4, -0.2) is 49.1 Å². The number of aliphatic carboxylic acids is 1. The highest BCUT2D eigenvalue weighted by atomic mass is 32.2. The quantitative estimate of drug-likeness (QED) is 0.0868. The lowest BCUT2D eigenvalue weighted by Crippen LogP contribution is -2.29. The minimum atomic E-state index is -0.716. The highest BCUT2D eigenvalue weighted by molar-refractivity contribution is 8.26. The maximum absolute atomic E-state index is 13.4. The number of nitrogens with zero attached hydrogens (tertiary/aromatic N) is 3. The minimum Gasteiger partial charge on any atom is -0.494 e. The molecule has 1 aliphatic heterocycles. The van der Waals surface area contributed by atoms with Gasteiger partial charge in [0, 0.05) is 30.3 Å². The number of thiocarbonyl (C=S) groups is 1. The molecule has 2 heterocycles. The van der Waals surface area contributed by atoms with Crippen molar-refractivity contribution in [2.24, 2.45) is 0 Å². The first-order chi connectivity index (χ1) is 21.0. The van der Waals surface area contributed by atoms with E-state index in [4.69, 9.17) is 27.2 Å². The Labute approximate surface area is 264 Å². The third-order valence-corrected chi connectivity index (χ3v) is 8.72. The lowest BCUT2D eigenvalue weighted by Gasteiger charge is -2.14. The van der Waals surface area contributed by atoms with Crippen LogP contribution in [0.5, 0.6) is 5.75 Å². The van der Waals surface area contributed by atoms with Crippen molar-refractivity contribution < 1.29 is 19.4 Å². The van der Waals surface area contributed by atoms with Crippen LogP contribution in [0.4, 0.5) is 0 Å². The second-order valence-corrected chi connectivity index (χ2v) is 12.4. The van der Waals surface area contributed by atoms with E-state index in [-0.39, 0.29) is 12.3 Å². The molecule has 228 valence electrons. The van der Waals surface area contributed by atoms with E-state index in [1.807, 2.05) is 71.6 Å². The average Bonchev–Trinajstić information content (AvgIpc) is 3.55. The Hall–Kier alpha value is -3.43. The Morgan fingerprint density at radius 1 is 0.953 bits per heavy atom. The summed E-state index contributed by atoms with van der Waals surface area (Å²) < 4.78 is 8.29.